The van der Waals surface area contributed by atoms with Gasteiger partial charge in [0.25, 0.3) is 0 Å². The van der Waals surface area contributed by atoms with Crippen LogP contribution in [0.4, 0.5) is 0 Å². The first-order valence-corrected chi connectivity index (χ1v) is 3.93. The van der Waals surface area contributed by atoms with Crippen molar-refractivity contribution >= 4 is 0 Å². The first-order chi connectivity index (χ1) is 5.33. The van der Waals surface area contributed by atoms with Gasteiger partial charge in [-0.05, 0) is 19.8 Å². The van der Waals surface area contributed by atoms with Gasteiger partial charge in [-0.1, -0.05) is 12.2 Å². The third-order valence-electron chi connectivity index (χ3n) is 2.08. The predicted molar refractivity (Wildman–Crippen MR) is 42.9 cm³/mol. The lowest BCUT2D eigenvalue weighted by molar-refractivity contribution is 0.172. The Bertz CT molecular complexity index is 184. The van der Waals surface area contributed by atoms with E-state index in [1.54, 1.807) is 0 Å². The topological polar surface area (TPSA) is 33.0 Å². The normalized spacial score (nSPS) is 30.9. The van der Waals surface area contributed by atoms with E-state index in [1.165, 1.54) is 0 Å². The van der Waals surface area contributed by atoms with Crippen LogP contribution in [0.3, 0.4) is 0 Å². The maximum atomic E-state index is 8.88. The van der Waals surface area contributed by atoms with Gasteiger partial charge in [0.05, 0.1) is 18.1 Å². The zero-order valence-electron chi connectivity index (χ0n) is 6.84. The lowest BCUT2D eigenvalue weighted by Gasteiger charge is -2.14. The zero-order valence-corrected chi connectivity index (χ0v) is 6.84. The molecule has 1 rings (SSSR count). The van der Waals surface area contributed by atoms with E-state index in [4.69, 9.17) is 10.00 Å². The van der Waals surface area contributed by atoms with Crippen molar-refractivity contribution in [1.82, 2.24) is 0 Å². The molecule has 0 radical (unpaired) electrons. The molecule has 0 aliphatic carbocycles. The van der Waals surface area contributed by atoms with Crippen LogP contribution >= 0.6 is 0 Å². The van der Waals surface area contributed by atoms with E-state index in [2.05, 4.69) is 6.07 Å². The molecule has 1 aliphatic heterocycles. The molecular weight excluding hydrogens is 138 g/mol. The van der Waals surface area contributed by atoms with E-state index < -0.39 is 0 Å². The SMILES string of the molecule is C/C=C/CC1(C#N)CCOC1. The van der Waals surface area contributed by atoms with Crippen molar-refractivity contribution < 1.29 is 4.74 Å². The summed E-state index contributed by atoms with van der Waals surface area (Å²) in [6.45, 7) is 3.32. The van der Waals surface area contributed by atoms with Crippen LogP contribution in [-0.4, -0.2) is 13.2 Å². The lowest BCUT2D eigenvalue weighted by Crippen LogP contribution is -2.16. The van der Waals surface area contributed by atoms with Crippen LogP contribution < -0.4 is 0 Å². The number of nitriles is 1. The van der Waals surface area contributed by atoms with Crippen molar-refractivity contribution in [2.75, 3.05) is 13.2 Å². The van der Waals surface area contributed by atoms with E-state index in [1.807, 2.05) is 19.1 Å². The third-order valence-corrected chi connectivity index (χ3v) is 2.08. The molecule has 2 nitrogen and oxygen atoms in total. The minimum Gasteiger partial charge on any atom is -0.380 e. The van der Waals surface area contributed by atoms with E-state index in [-0.39, 0.29) is 5.41 Å². The van der Waals surface area contributed by atoms with Gasteiger partial charge in [0.1, 0.15) is 0 Å². The molecule has 11 heavy (non-hydrogen) atoms. The molecule has 0 saturated carbocycles. The van der Waals surface area contributed by atoms with Gasteiger partial charge in [-0.2, -0.15) is 5.26 Å². The van der Waals surface area contributed by atoms with Crippen molar-refractivity contribution in [3.8, 4) is 6.07 Å². The lowest BCUT2D eigenvalue weighted by atomic mass is 9.85. The van der Waals surface area contributed by atoms with Crippen LogP contribution in [0.5, 0.6) is 0 Å². The highest BCUT2D eigenvalue weighted by molar-refractivity contribution is 5.05. The Morgan fingerprint density at radius 2 is 2.55 bits per heavy atom. The molecule has 0 aromatic carbocycles. The highest BCUT2D eigenvalue weighted by Gasteiger charge is 2.33. The summed E-state index contributed by atoms with van der Waals surface area (Å²) >= 11 is 0. The number of nitrogens with zero attached hydrogens (tertiary/aromatic N) is 1. The van der Waals surface area contributed by atoms with Crippen LogP contribution in [0, 0.1) is 16.7 Å². The molecule has 60 valence electrons. The van der Waals surface area contributed by atoms with Crippen molar-refractivity contribution in [1.29, 1.82) is 5.26 Å². The van der Waals surface area contributed by atoms with Gasteiger partial charge in [-0.25, -0.2) is 0 Å². The van der Waals surface area contributed by atoms with Crippen molar-refractivity contribution in [2.45, 2.75) is 19.8 Å². The second-order valence-electron chi connectivity index (χ2n) is 2.97. The average Bonchev–Trinajstić information content (AvgIpc) is 2.50. The molecule has 1 saturated heterocycles. The van der Waals surface area contributed by atoms with Crippen LogP contribution in [0.25, 0.3) is 0 Å². The summed E-state index contributed by atoms with van der Waals surface area (Å²) in [6, 6.07) is 2.34. The molecule has 0 bridgehead atoms. The molecule has 1 aliphatic rings. The summed E-state index contributed by atoms with van der Waals surface area (Å²) in [4.78, 5) is 0. The summed E-state index contributed by atoms with van der Waals surface area (Å²) in [6.07, 6.45) is 5.74. The second-order valence-corrected chi connectivity index (χ2v) is 2.97. The molecule has 0 aromatic rings. The second kappa shape index (κ2) is 3.54. The molecule has 1 unspecified atom stereocenters. The highest BCUT2D eigenvalue weighted by atomic mass is 16.5. The molecule has 1 atom stereocenters. The molecule has 0 amide bonds. The Balaban J connectivity index is 2.54. The van der Waals surface area contributed by atoms with Gasteiger partial charge in [-0.15, -0.1) is 0 Å². The van der Waals surface area contributed by atoms with Crippen molar-refractivity contribution in [3.05, 3.63) is 12.2 Å². The van der Waals surface area contributed by atoms with E-state index in [9.17, 15) is 0 Å². The largest absolute Gasteiger partial charge is 0.380 e. The number of hydrogen-bond acceptors (Lipinski definition) is 2. The minimum absolute atomic E-state index is 0.216. The van der Waals surface area contributed by atoms with Crippen LogP contribution in [0.1, 0.15) is 19.8 Å². The maximum Gasteiger partial charge on any atom is 0.0862 e. The maximum absolute atomic E-state index is 8.88. The van der Waals surface area contributed by atoms with Crippen molar-refractivity contribution in [3.63, 3.8) is 0 Å². The first-order valence-electron chi connectivity index (χ1n) is 3.93. The molecule has 1 heterocycles. The smallest absolute Gasteiger partial charge is 0.0862 e. The fourth-order valence-corrected chi connectivity index (χ4v) is 1.25. The molecule has 2 heteroatoms. The molecule has 1 fully saturated rings. The summed E-state index contributed by atoms with van der Waals surface area (Å²) < 4.78 is 5.19. The monoisotopic (exact) mass is 151 g/mol. The molecular formula is C9H13NO. The van der Waals surface area contributed by atoms with Gasteiger partial charge in [0.2, 0.25) is 0 Å². The van der Waals surface area contributed by atoms with E-state index >= 15 is 0 Å². The Morgan fingerprint density at radius 1 is 1.73 bits per heavy atom. The zero-order chi connectivity index (χ0) is 8.16. The number of hydrogen-bond donors (Lipinski definition) is 0. The summed E-state index contributed by atoms with van der Waals surface area (Å²) in [7, 11) is 0. The molecule has 0 aromatic heterocycles. The Labute approximate surface area is 67.5 Å². The van der Waals surface area contributed by atoms with Gasteiger partial charge < -0.3 is 4.74 Å². The van der Waals surface area contributed by atoms with Gasteiger partial charge in [0, 0.05) is 6.61 Å². The van der Waals surface area contributed by atoms with Gasteiger partial charge in [-0.3, -0.25) is 0 Å². The van der Waals surface area contributed by atoms with Crippen LogP contribution in [0.2, 0.25) is 0 Å². The van der Waals surface area contributed by atoms with Crippen LogP contribution in [-0.2, 0) is 4.74 Å². The third kappa shape index (κ3) is 1.81. The van der Waals surface area contributed by atoms with E-state index in [0.29, 0.717) is 6.61 Å². The van der Waals surface area contributed by atoms with Crippen molar-refractivity contribution in [2.24, 2.45) is 5.41 Å². The molecule has 0 spiro atoms. The fourth-order valence-electron chi connectivity index (χ4n) is 1.25. The molecule has 0 N–H and O–H groups in total. The first kappa shape index (κ1) is 8.29. The number of rotatable bonds is 2. The summed E-state index contributed by atoms with van der Waals surface area (Å²) in [5.41, 5.74) is -0.216. The summed E-state index contributed by atoms with van der Waals surface area (Å²) in [5.74, 6) is 0. The Hall–Kier alpha value is -0.810. The Morgan fingerprint density at radius 3 is 3.00 bits per heavy atom. The van der Waals surface area contributed by atoms with Gasteiger partial charge >= 0.3 is 0 Å². The van der Waals surface area contributed by atoms with E-state index in [0.717, 1.165) is 19.4 Å². The number of allylic oxidation sites excluding steroid dienone is 2. The highest BCUT2D eigenvalue weighted by Crippen LogP contribution is 2.31. The number of ether oxygens (including phenoxy) is 1. The average molecular weight is 151 g/mol. The predicted octanol–water partition coefficient (Wildman–Crippen LogP) is 1.88. The fraction of sp³-hybridized carbons (Fsp3) is 0.667. The summed E-state index contributed by atoms with van der Waals surface area (Å²) in [5, 5.41) is 8.88. The van der Waals surface area contributed by atoms with Gasteiger partial charge in [0.15, 0.2) is 0 Å². The Kier molecular flexibility index (Phi) is 2.67. The standard InChI is InChI=1S/C9H13NO/c1-2-3-4-9(7-10)5-6-11-8-9/h2-3H,4-6,8H2,1H3/b3-2+. The minimum atomic E-state index is -0.216. The van der Waals surface area contributed by atoms with Crippen LogP contribution in [0.15, 0.2) is 12.2 Å². The quantitative estimate of drug-likeness (QED) is 0.564.